The largest absolute Gasteiger partial charge is 0.507 e. The maximum Gasteiger partial charge on any atom is 0.127 e. The molecule has 0 heterocycles. The van der Waals surface area contributed by atoms with Gasteiger partial charge in [-0.15, -0.1) is 17.0 Å². The SMILES string of the molecule is Br.CC(C)NC[C@H](O)COc1ccc(O)c2ccccc12. The topological polar surface area (TPSA) is 61.7 Å². The number of aliphatic hydroxyl groups excluding tert-OH is 1. The van der Waals surface area contributed by atoms with Crippen LogP contribution in [-0.2, 0) is 0 Å². The van der Waals surface area contributed by atoms with E-state index in [1.807, 2.05) is 38.1 Å². The van der Waals surface area contributed by atoms with Crippen LogP contribution >= 0.6 is 17.0 Å². The van der Waals surface area contributed by atoms with Crippen molar-refractivity contribution in [3.05, 3.63) is 36.4 Å². The summed E-state index contributed by atoms with van der Waals surface area (Å²) in [5.41, 5.74) is 0. The molecule has 3 N–H and O–H groups in total. The molecule has 0 amide bonds. The molecule has 0 aliphatic heterocycles. The Bertz CT molecular complexity index is 574. The van der Waals surface area contributed by atoms with Gasteiger partial charge in [0, 0.05) is 23.4 Å². The molecule has 0 saturated heterocycles. The van der Waals surface area contributed by atoms with E-state index in [-0.39, 0.29) is 29.3 Å². The quantitative estimate of drug-likeness (QED) is 0.745. The highest BCUT2D eigenvalue weighted by Gasteiger charge is 2.09. The summed E-state index contributed by atoms with van der Waals surface area (Å²) in [6.45, 7) is 4.77. The van der Waals surface area contributed by atoms with E-state index in [1.54, 1.807) is 12.1 Å². The van der Waals surface area contributed by atoms with Crippen LogP contribution in [0.4, 0.5) is 0 Å². The standard InChI is InChI=1S/C16H21NO3.BrH/c1-11(2)17-9-12(18)10-20-16-8-7-15(19)13-5-3-4-6-14(13)16;/h3-8,11-12,17-19H,9-10H2,1-2H3;1H/t12-;/m0./s1. The van der Waals surface area contributed by atoms with E-state index < -0.39 is 6.10 Å². The minimum absolute atomic E-state index is 0. The predicted molar refractivity (Wildman–Crippen MR) is 90.6 cm³/mol. The lowest BCUT2D eigenvalue weighted by Gasteiger charge is -2.16. The van der Waals surface area contributed by atoms with Gasteiger partial charge in [-0.3, -0.25) is 0 Å². The zero-order chi connectivity index (χ0) is 14.5. The van der Waals surface area contributed by atoms with Crippen molar-refractivity contribution in [1.82, 2.24) is 5.32 Å². The van der Waals surface area contributed by atoms with Crippen LogP contribution in [0.5, 0.6) is 11.5 Å². The highest BCUT2D eigenvalue weighted by molar-refractivity contribution is 8.93. The number of aromatic hydroxyl groups is 1. The minimum Gasteiger partial charge on any atom is -0.507 e. The van der Waals surface area contributed by atoms with Gasteiger partial charge in [-0.1, -0.05) is 38.1 Å². The Morgan fingerprint density at radius 2 is 1.76 bits per heavy atom. The summed E-state index contributed by atoms with van der Waals surface area (Å²) in [5, 5.41) is 24.4. The Labute approximate surface area is 135 Å². The summed E-state index contributed by atoms with van der Waals surface area (Å²) in [5.74, 6) is 0.900. The molecule has 2 aromatic carbocycles. The lowest BCUT2D eigenvalue weighted by Crippen LogP contribution is -2.35. The van der Waals surface area contributed by atoms with Crippen molar-refractivity contribution < 1.29 is 14.9 Å². The molecular weight excluding hydrogens is 334 g/mol. The van der Waals surface area contributed by atoms with Crippen molar-refractivity contribution in [3.8, 4) is 11.5 Å². The molecule has 4 nitrogen and oxygen atoms in total. The van der Waals surface area contributed by atoms with Gasteiger partial charge in [0.2, 0.25) is 0 Å². The van der Waals surface area contributed by atoms with Gasteiger partial charge in [-0.25, -0.2) is 0 Å². The van der Waals surface area contributed by atoms with Gasteiger partial charge < -0.3 is 20.3 Å². The van der Waals surface area contributed by atoms with Crippen molar-refractivity contribution >= 4 is 27.8 Å². The Kier molecular flexibility index (Phi) is 6.95. The lowest BCUT2D eigenvalue weighted by atomic mass is 10.1. The molecule has 0 aliphatic rings. The second kappa shape index (κ2) is 8.22. The van der Waals surface area contributed by atoms with E-state index in [2.05, 4.69) is 5.32 Å². The first kappa shape index (κ1) is 17.8. The molecule has 2 rings (SSSR count). The predicted octanol–water partition coefficient (Wildman–Crippen LogP) is 2.86. The zero-order valence-electron chi connectivity index (χ0n) is 12.2. The Morgan fingerprint density at radius 3 is 2.43 bits per heavy atom. The summed E-state index contributed by atoms with van der Waals surface area (Å²) in [4.78, 5) is 0. The third-order valence-corrected chi connectivity index (χ3v) is 3.05. The van der Waals surface area contributed by atoms with Crippen LogP contribution in [0.15, 0.2) is 36.4 Å². The second-order valence-electron chi connectivity index (χ2n) is 5.16. The second-order valence-corrected chi connectivity index (χ2v) is 5.16. The molecule has 1 atom stereocenters. The molecule has 21 heavy (non-hydrogen) atoms. The summed E-state index contributed by atoms with van der Waals surface area (Å²) < 4.78 is 5.67. The normalized spacial score (nSPS) is 12.2. The van der Waals surface area contributed by atoms with Crippen LogP contribution in [0, 0.1) is 0 Å². The smallest absolute Gasteiger partial charge is 0.127 e. The number of benzene rings is 2. The number of halogens is 1. The molecule has 0 saturated carbocycles. The van der Waals surface area contributed by atoms with Gasteiger partial charge in [0.25, 0.3) is 0 Å². The Balaban J connectivity index is 0.00000220. The number of fused-ring (bicyclic) bond motifs is 1. The lowest BCUT2D eigenvalue weighted by molar-refractivity contribution is 0.105. The minimum atomic E-state index is -0.565. The van der Waals surface area contributed by atoms with Crippen LogP contribution in [0.3, 0.4) is 0 Å². The fourth-order valence-corrected chi connectivity index (χ4v) is 2.00. The number of hydrogen-bond donors (Lipinski definition) is 3. The summed E-state index contributed by atoms with van der Waals surface area (Å²) in [6, 6.07) is 11.2. The summed E-state index contributed by atoms with van der Waals surface area (Å²) in [6.07, 6.45) is -0.565. The maximum absolute atomic E-state index is 9.85. The fraction of sp³-hybridized carbons (Fsp3) is 0.375. The third-order valence-electron chi connectivity index (χ3n) is 3.05. The first-order chi connectivity index (χ1) is 9.58. The molecule has 2 aromatic rings. The van der Waals surface area contributed by atoms with E-state index >= 15 is 0 Å². The van der Waals surface area contributed by atoms with Crippen molar-refractivity contribution in [2.24, 2.45) is 0 Å². The van der Waals surface area contributed by atoms with E-state index in [9.17, 15) is 10.2 Å². The van der Waals surface area contributed by atoms with Gasteiger partial charge in [0.1, 0.15) is 24.2 Å². The number of aliphatic hydroxyl groups is 1. The van der Waals surface area contributed by atoms with Crippen molar-refractivity contribution in [2.75, 3.05) is 13.2 Å². The molecule has 0 fully saturated rings. The van der Waals surface area contributed by atoms with Crippen molar-refractivity contribution in [3.63, 3.8) is 0 Å². The number of phenolic OH excluding ortho intramolecular Hbond substituents is 1. The maximum atomic E-state index is 9.85. The molecular formula is C16H22BrNO3. The number of ether oxygens (including phenoxy) is 1. The van der Waals surface area contributed by atoms with Crippen LogP contribution in [-0.4, -0.2) is 35.5 Å². The number of hydrogen-bond acceptors (Lipinski definition) is 4. The van der Waals surface area contributed by atoms with E-state index in [4.69, 9.17) is 4.74 Å². The average molecular weight is 356 g/mol. The molecule has 5 heteroatoms. The molecule has 0 radical (unpaired) electrons. The Hall–Kier alpha value is -1.30. The molecule has 0 aromatic heterocycles. The van der Waals surface area contributed by atoms with Gasteiger partial charge in [-0.05, 0) is 12.1 Å². The van der Waals surface area contributed by atoms with E-state index in [0.29, 0.717) is 18.3 Å². The highest BCUT2D eigenvalue weighted by atomic mass is 79.9. The van der Waals surface area contributed by atoms with Crippen LogP contribution in [0.25, 0.3) is 10.8 Å². The first-order valence-corrected chi connectivity index (χ1v) is 6.83. The molecule has 0 aliphatic carbocycles. The van der Waals surface area contributed by atoms with Gasteiger partial charge in [0.15, 0.2) is 0 Å². The van der Waals surface area contributed by atoms with E-state index in [1.165, 1.54) is 0 Å². The summed E-state index contributed by atoms with van der Waals surface area (Å²) in [7, 11) is 0. The third kappa shape index (κ3) is 4.88. The van der Waals surface area contributed by atoms with Crippen LogP contribution in [0.2, 0.25) is 0 Å². The molecule has 116 valence electrons. The number of phenols is 1. The Morgan fingerprint density at radius 1 is 1.10 bits per heavy atom. The van der Waals surface area contributed by atoms with E-state index in [0.717, 1.165) is 10.8 Å². The molecule has 0 unspecified atom stereocenters. The number of nitrogens with one attached hydrogen (secondary N) is 1. The van der Waals surface area contributed by atoms with Gasteiger partial charge in [-0.2, -0.15) is 0 Å². The van der Waals surface area contributed by atoms with Crippen molar-refractivity contribution in [2.45, 2.75) is 26.0 Å². The van der Waals surface area contributed by atoms with Crippen LogP contribution in [0.1, 0.15) is 13.8 Å². The van der Waals surface area contributed by atoms with Crippen molar-refractivity contribution in [1.29, 1.82) is 0 Å². The molecule has 0 spiro atoms. The molecule has 0 bridgehead atoms. The summed E-state index contributed by atoms with van der Waals surface area (Å²) >= 11 is 0. The average Bonchev–Trinajstić information content (AvgIpc) is 2.45. The first-order valence-electron chi connectivity index (χ1n) is 6.83. The zero-order valence-corrected chi connectivity index (χ0v) is 14.0. The number of rotatable bonds is 6. The van der Waals surface area contributed by atoms with Gasteiger partial charge in [0.05, 0.1) is 0 Å². The highest BCUT2D eigenvalue weighted by Crippen LogP contribution is 2.32. The monoisotopic (exact) mass is 355 g/mol. The van der Waals surface area contributed by atoms with Gasteiger partial charge >= 0.3 is 0 Å². The fourth-order valence-electron chi connectivity index (χ4n) is 2.00. The van der Waals surface area contributed by atoms with Crippen LogP contribution < -0.4 is 10.1 Å².